The third-order valence-electron chi connectivity index (χ3n) is 15.0. The van der Waals surface area contributed by atoms with Crippen LogP contribution in [0, 0.1) is 0 Å². The average molecular weight is 1070 g/mol. The first-order valence-corrected chi connectivity index (χ1v) is 31.9. The molecule has 444 valence electrons. The summed E-state index contributed by atoms with van der Waals surface area (Å²) in [4.78, 5) is 26.6. The van der Waals surface area contributed by atoms with Crippen LogP contribution >= 0.6 is 0 Å². The van der Waals surface area contributed by atoms with Crippen LogP contribution in [0.5, 0.6) is 0 Å². The van der Waals surface area contributed by atoms with Crippen LogP contribution in [-0.4, -0.2) is 99.6 Å². The summed E-state index contributed by atoms with van der Waals surface area (Å²) in [6.07, 6.45) is 54.3. The molecule has 1 rings (SSSR count). The van der Waals surface area contributed by atoms with E-state index in [0.717, 1.165) is 83.5 Å². The third-order valence-corrected chi connectivity index (χ3v) is 15.0. The Labute approximate surface area is 466 Å². The monoisotopic (exact) mass is 1070 g/mol. The lowest BCUT2D eigenvalue weighted by molar-refractivity contribution is -0.305. The molecule has 0 bridgehead atoms. The molecular formula is C65H119NO10. The van der Waals surface area contributed by atoms with Gasteiger partial charge in [0, 0.05) is 6.42 Å². The largest absolute Gasteiger partial charge is 0.454 e. The second kappa shape index (κ2) is 53.3. The summed E-state index contributed by atoms with van der Waals surface area (Å²) < 4.78 is 17.6. The Morgan fingerprint density at radius 1 is 0.513 bits per heavy atom. The van der Waals surface area contributed by atoms with E-state index < -0.39 is 67.4 Å². The highest BCUT2D eigenvalue weighted by Gasteiger charge is 2.47. The molecule has 0 aromatic heterocycles. The first-order valence-electron chi connectivity index (χ1n) is 31.9. The van der Waals surface area contributed by atoms with E-state index in [1.54, 1.807) is 6.08 Å². The van der Waals surface area contributed by atoms with Crippen molar-refractivity contribution in [3.63, 3.8) is 0 Å². The van der Waals surface area contributed by atoms with E-state index in [9.17, 15) is 35.1 Å². The molecule has 0 radical (unpaired) electrons. The first kappa shape index (κ1) is 71.6. The van der Waals surface area contributed by atoms with Crippen molar-refractivity contribution < 1.29 is 49.3 Å². The molecular weight excluding hydrogens is 955 g/mol. The third kappa shape index (κ3) is 40.8. The Morgan fingerprint density at radius 3 is 1.38 bits per heavy atom. The molecule has 6 N–H and O–H groups in total. The fourth-order valence-electron chi connectivity index (χ4n) is 9.85. The molecule has 1 aliphatic rings. The average Bonchev–Trinajstić information content (AvgIpc) is 3.42. The van der Waals surface area contributed by atoms with Gasteiger partial charge in [-0.05, 0) is 83.5 Å². The van der Waals surface area contributed by atoms with Gasteiger partial charge in [0.15, 0.2) is 12.4 Å². The van der Waals surface area contributed by atoms with E-state index >= 15 is 0 Å². The van der Waals surface area contributed by atoms with Gasteiger partial charge in [-0.2, -0.15) is 0 Å². The number of hydrogen-bond donors (Lipinski definition) is 6. The Morgan fingerprint density at radius 2 is 0.908 bits per heavy atom. The fourth-order valence-corrected chi connectivity index (χ4v) is 9.85. The molecule has 0 aromatic carbocycles. The van der Waals surface area contributed by atoms with Crippen molar-refractivity contribution in [2.24, 2.45) is 0 Å². The van der Waals surface area contributed by atoms with E-state index in [0.29, 0.717) is 12.8 Å². The predicted molar refractivity (Wildman–Crippen MR) is 315 cm³/mol. The molecule has 8 atom stereocenters. The van der Waals surface area contributed by atoms with Crippen LogP contribution in [0.3, 0.4) is 0 Å². The van der Waals surface area contributed by atoms with E-state index in [1.165, 1.54) is 161 Å². The van der Waals surface area contributed by atoms with Gasteiger partial charge in [0.05, 0.1) is 25.4 Å². The maximum absolute atomic E-state index is 13.4. The lowest BCUT2D eigenvalue weighted by Gasteiger charge is -2.41. The van der Waals surface area contributed by atoms with Gasteiger partial charge in [0.25, 0.3) is 0 Å². The fraction of sp³-hybridized carbons (Fsp3) is 0.846. The molecule has 1 aliphatic heterocycles. The normalized spacial score (nSPS) is 19.4. The van der Waals surface area contributed by atoms with Gasteiger partial charge >= 0.3 is 5.97 Å². The second-order valence-electron chi connectivity index (χ2n) is 22.1. The summed E-state index contributed by atoms with van der Waals surface area (Å²) in [6, 6.07) is -1.03. The molecule has 1 amide bonds. The lowest BCUT2D eigenvalue weighted by Crippen LogP contribution is -2.61. The smallest absolute Gasteiger partial charge is 0.306 e. The summed E-state index contributed by atoms with van der Waals surface area (Å²) in [6.45, 7) is 5.77. The number of rotatable bonds is 54. The maximum Gasteiger partial charge on any atom is 0.306 e. The minimum absolute atomic E-state index is 0.121. The summed E-state index contributed by atoms with van der Waals surface area (Å²) >= 11 is 0. The van der Waals surface area contributed by atoms with Crippen molar-refractivity contribution >= 4 is 11.9 Å². The van der Waals surface area contributed by atoms with Gasteiger partial charge in [-0.15, -0.1) is 0 Å². The first-order chi connectivity index (χ1) is 37.2. The SMILES string of the molecule is CCCCC/C=C\C/C=C\CCCCCCCCC(O)C(=O)NC(COC1OC(CO)C(O)C(O)C1OC(=O)CCCCCCCCCCC/C=C/CCCCCCCC)C(O)/C=C/CCCCCCCCCCCC. The Kier molecular flexibility index (Phi) is 50.2. The Bertz CT molecular complexity index is 1420. The number of unbranched alkanes of at least 4 members (excludes halogenated alkanes) is 34. The highest BCUT2D eigenvalue weighted by Crippen LogP contribution is 2.26. The van der Waals surface area contributed by atoms with Gasteiger partial charge in [-0.25, -0.2) is 0 Å². The van der Waals surface area contributed by atoms with Crippen molar-refractivity contribution in [2.45, 2.75) is 339 Å². The van der Waals surface area contributed by atoms with Crippen LogP contribution in [0.1, 0.15) is 290 Å². The maximum atomic E-state index is 13.4. The molecule has 1 fully saturated rings. The number of ether oxygens (including phenoxy) is 3. The quantitative estimate of drug-likeness (QED) is 0.0195. The summed E-state index contributed by atoms with van der Waals surface area (Å²) in [7, 11) is 0. The van der Waals surface area contributed by atoms with Crippen LogP contribution in [0.4, 0.5) is 0 Å². The van der Waals surface area contributed by atoms with Crippen LogP contribution in [-0.2, 0) is 23.8 Å². The zero-order valence-corrected chi connectivity index (χ0v) is 49.1. The van der Waals surface area contributed by atoms with Gasteiger partial charge < -0.3 is 45.1 Å². The summed E-state index contributed by atoms with van der Waals surface area (Å²) in [5, 5.41) is 57.0. The van der Waals surface area contributed by atoms with E-state index in [4.69, 9.17) is 14.2 Å². The van der Waals surface area contributed by atoms with Crippen molar-refractivity contribution in [1.29, 1.82) is 0 Å². The minimum Gasteiger partial charge on any atom is -0.454 e. The predicted octanol–water partition coefficient (Wildman–Crippen LogP) is 15.2. The van der Waals surface area contributed by atoms with E-state index in [1.807, 2.05) is 6.08 Å². The topological polar surface area (TPSA) is 175 Å². The molecule has 1 saturated heterocycles. The molecule has 8 unspecified atom stereocenters. The van der Waals surface area contributed by atoms with Gasteiger partial charge in [-0.3, -0.25) is 9.59 Å². The van der Waals surface area contributed by atoms with Gasteiger partial charge in [0.1, 0.15) is 24.4 Å². The molecule has 76 heavy (non-hydrogen) atoms. The molecule has 0 saturated carbocycles. The number of esters is 1. The molecule has 11 nitrogen and oxygen atoms in total. The Hall–Kier alpha value is -2.38. The van der Waals surface area contributed by atoms with Crippen molar-refractivity contribution in [3.8, 4) is 0 Å². The van der Waals surface area contributed by atoms with E-state index in [-0.39, 0.29) is 19.4 Å². The molecule has 0 aromatic rings. The van der Waals surface area contributed by atoms with Crippen LogP contribution in [0.15, 0.2) is 48.6 Å². The van der Waals surface area contributed by atoms with Gasteiger partial charge in [0.2, 0.25) is 5.91 Å². The number of carbonyl (C=O) groups excluding carboxylic acids is 2. The number of carbonyl (C=O) groups is 2. The molecule has 1 heterocycles. The lowest BCUT2D eigenvalue weighted by atomic mass is 9.99. The van der Waals surface area contributed by atoms with Crippen molar-refractivity contribution in [3.05, 3.63) is 48.6 Å². The molecule has 0 aliphatic carbocycles. The standard InChI is InChI=1S/C65H119NO10/c1-4-7-10-13-16-19-22-25-27-29-30-31-33-35-38-41-44-47-50-53-60(70)76-63-62(72)61(71)59(54-67)75-65(63)74-55-56(57(68)51-48-45-42-39-36-24-21-18-15-12-9-6-3)66-64(73)58(69)52-49-46-43-40-37-34-32-28-26-23-20-17-14-11-8-5-2/h17,20,25-28,48,51,56-59,61-63,65,67-69,71-72H,4-16,18-19,21-24,29-47,49-50,52-55H2,1-3H3,(H,66,73)/b20-17-,27-25+,28-26-,51-48+. The number of amides is 1. The van der Waals surface area contributed by atoms with E-state index in [2.05, 4.69) is 62.5 Å². The number of aliphatic hydroxyl groups is 5. The van der Waals surface area contributed by atoms with Crippen LogP contribution in [0.2, 0.25) is 0 Å². The number of hydrogen-bond acceptors (Lipinski definition) is 10. The van der Waals surface area contributed by atoms with Crippen LogP contribution in [0.25, 0.3) is 0 Å². The molecule has 0 spiro atoms. The second-order valence-corrected chi connectivity index (χ2v) is 22.1. The van der Waals surface area contributed by atoms with Gasteiger partial charge in [-0.1, -0.05) is 249 Å². The summed E-state index contributed by atoms with van der Waals surface area (Å²) in [5.74, 6) is -1.20. The highest BCUT2D eigenvalue weighted by atomic mass is 16.7. The Balaban J connectivity index is 2.66. The van der Waals surface area contributed by atoms with Crippen molar-refractivity contribution in [1.82, 2.24) is 5.32 Å². The molecule has 11 heteroatoms. The number of nitrogens with one attached hydrogen (secondary N) is 1. The van der Waals surface area contributed by atoms with Crippen LogP contribution < -0.4 is 5.32 Å². The summed E-state index contributed by atoms with van der Waals surface area (Å²) in [5.41, 5.74) is 0. The zero-order valence-electron chi connectivity index (χ0n) is 49.1. The minimum atomic E-state index is -1.61. The zero-order chi connectivity index (χ0) is 55.4. The number of allylic oxidation sites excluding steroid dienone is 7. The van der Waals surface area contributed by atoms with Crippen molar-refractivity contribution in [2.75, 3.05) is 13.2 Å². The highest BCUT2D eigenvalue weighted by molar-refractivity contribution is 5.80. The number of aliphatic hydroxyl groups excluding tert-OH is 5.